The molecule has 0 bridgehead atoms. The number of likely N-dealkylation sites (N-methyl/N-ethyl adjacent to an activating group) is 1. The molecule has 7 rings (SSSR count). The smallest absolute Gasteiger partial charge is 0.303 e. The molecule has 49 heavy (non-hydrogen) atoms. The van der Waals surface area contributed by atoms with Crippen LogP contribution in [0.1, 0.15) is 97.0 Å². The Kier molecular flexibility index (Phi) is 12.2. The highest BCUT2D eigenvalue weighted by atomic mass is 127. The number of carbonyl (C=O) groups excluding carboxylic acids is 1. The molecular formula is C41H62I2N2O4. The van der Waals surface area contributed by atoms with Gasteiger partial charge in [0.2, 0.25) is 0 Å². The lowest BCUT2D eigenvalue weighted by Crippen LogP contribution is -3.00. The molecular weight excluding hydrogens is 838 g/mol. The van der Waals surface area contributed by atoms with Crippen LogP contribution < -0.4 is 57.4 Å². The minimum Gasteiger partial charge on any atom is -1.00 e. The van der Waals surface area contributed by atoms with E-state index in [0.717, 1.165) is 52.9 Å². The molecule has 4 aliphatic carbocycles. The van der Waals surface area contributed by atoms with Gasteiger partial charge in [-0.25, -0.2) is 0 Å². The topological polar surface area (TPSA) is 44.8 Å². The fraction of sp³-hybridized carbons (Fsp3) is 0.732. The minimum atomic E-state index is -0.175. The Morgan fingerprint density at radius 1 is 0.939 bits per heavy atom. The van der Waals surface area contributed by atoms with E-state index in [-0.39, 0.29) is 65.4 Å². The van der Waals surface area contributed by atoms with E-state index < -0.39 is 0 Å². The van der Waals surface area contributed by atoms with E-state index in [4.69, 9.17) is 14.2 Å². The molecule has 274 valence electrons. The zero-order chi connectivity index (χ0) is 33.0. The summed E-state index contributed by atoms with van der Waals surface area (Å²) in [5.41, 5.74) is 4.42. The fourth-order valence-electron chi connectivity index (χ4n) is 11.8. The monoisotopic (exact) mass is 900 g/mol. The summed E-state index contributed by atoms with van der Waals surface area (Å²) in [4.78, 5) is 12.6. The molecule has 0 N–H and O–H groups in total. The molecule has 7 atom stereocenters. The summed E-state index contributed by atoms with van der Waals surface area (Å²) < 4.78 is 20.8. The predicted octanol–water partition coefficient (Wildman–Crippen LogP) is 1.82. The van der Waals surface area contributed by atoms with Gasteiger partial charge in [0.05, 0.1) is 53.4 Å². The highest BCUT2D eigenvalue weighted by molar-refractivity contribution is 5.68. The Morgan fingerprint density at radius 2 is 1.65 bits per heavy atom. The molecule has 0 aromatic heterocycles. The number of methoxy groups -OCH3 is 1. The molecule has 8 heteroatoms. The SMILES string of the molecule is COc1cc(/C=C2\C[C@H]3[C@@H]4CC=C5C[C@@H]([N+]6(C)CCCC6)CC[C@]5(C)[C@H]4CC[C@]3(C)[C@H]2OC(C)=O)ccc1OCC[N+]1(C)CCCC1.[I-].[I-]. The van der Waals surface area contributed by atoms with Crippen molar-refractivity contribution in [3.63, 3.8) is 0 Å². The second-order valence-electron chi connectivity index (χ2n) is 17.5. The van der Waals surface area contributed by atoms with Crippen LogP contribution in [0.3, 0.4) is 0 Å². The van der Waals surface area contributed by atoms with E-state index in [0.29, 0.717) is 23.9 Å². The first-order valence-electron chi connectivity index (χ1n) is 19.0. The lowest BCUT2D eigenvalue weighted by atomic mass is 9.47. The van der Waals surface area contributed by atoms with Crippen molar-refractivity contribution in [1.82, 2.24) is 0 Å². The average molecular weight is 901 g/mol. The zero-order valence-corrected chi connectivity index (χ0v) is 35.4. The third-order valence-corrected chi connectivity index (χ3v) is 14.7. The summed E-state index contributed by atoms with van der Waals surface area (Å²) in [6.07, 6.45) is 18.8. The maximum atomic E-state index is 12.6. The first-order chi connectivity index (χ1) is 22.5. The fourth-order valence-corrected chi connectivity index (χ4v) is 11.8. The van der Waals surface area contributed by atoms with Gasteiger partial charge in [0.15, 0.2) is 11.5 Å². The van der Waals surface area contributed by atoms with E-state index >= 15 is 0 Å². The number of fused-ring (bicyclic) bond motifs is 5. The van der Waals surface area contributed by atoms with Crippen molar-refractivity contribution in [2.24, 2.45) is 28.6 Å². The Bertz CT molecular complexity index is 1420. The first-order valence-corrected chi connectivity index (χ1v) is 19.0. The van der Waals surface area contributed by atoms with Gasteiger partial charge in [0.25, 0.3) is 0 Å². The number of rotatable bonds is 8. The molecule has 2 aliphatic heterocycles. The van der Waals surface area contributed by atoms with Gasteiger partial charge < -0.3 is 71.1 Å². The predicted molar refractivity (Wildman–Crippen MR) is 188 cm³/mol. The van der Waals surface area contributed by atoms with Crippen LogP contribution in [0.15, 0.2) is 35.4 Å². The van der Waals surface area contributed by atoms with Crippen molar-refractivity contribution < 1.29 is 75.9 Å². The summed E-state index contributed by atoms with van der Waals surface area (Å²) in [5, 5.41) is 0. The number of hydrogen-bond acceptors (Lipinski definition) is 4. The van der Waals surface area contributed by atoms with Crippen LogP contribution in [-0.2, 0) is 9.53 Å². The molecule has 3 saturated carbocycles. The number of benzene rings is 1. The summed E-state index contributed by atoms with van der Waals surface area (Å²) in [5.74, 6) is 3.30. The molecule has 6 aliphatic rings. The number of quaternary nitrogens is 2. The standard InChI is InChI=1S/C41H62N2O4.2HI/c1-29(44)47-39-31(25-30-11-14-37(38(26-30)45-6)46-24-23-42(4)19-7-8-20-42)27-36-34-13-12-32-28-33(43(5)21-9-10-22-43)15-17-40(32,2)35(34)16-18-41(36,39)3;;/h11-12,14,25-26,33-36,39H,7-10,13,15-24,27-28H2,1-6H3;2*1H/q+2;;/p-2/b31-25+;;/t33-,34+,35-,36-,39-,40-,41-;;/m0../s1. The van der Waals surface area contributed by atoms with Gasteiger partial charge in [0, 0.05) is 50.9 Å². The summed E-state index contributed by atoms with van der Waals surface area (Å²) in [7, 11) is 6.61. The number of carbonyl (C=O) groups is 1. The molecule has 0 amide bonds. The lowest BCUT2D eigenvalue weighted by Gasteiger charge is -2.58. The van der Waals surface area contributed by atoms with Crippen molar-refractivity contribution in [2.45, 2.75) is 104 Å². The maximum Gasteiger partial charge on any atom is 0.303 e. The van der Waals surface area contributed by atoms with Crippen LogP contribution in [0.2, 0.25) is 0 Å². The number of ether oxygens (including phenoxy) is 3. The number of hydrogen-bond donors (Lipinski definition) is 0. The second kappa shape index (κ2) is 15.2. The van der Waals surface area contributed by atoms with Crippen molar-refractivity contribution in [3.8, 4) is 11.5 Å². The highest BCUT2D eigenvalue weighted by Crippen LogP contribution is 2.66. The van der Waals surface area contributed by atoms with E-state index in [9.17, 15) is 4.79 Å². The van der Waals surface area contributed by atoms with Crippen molar-refractivity contribution >= 4 is 12.0 Å². The molecule has 0 radical (unpaired) electrons. The number of nitrogens with zero attached hydrogens (tertiary/aromatic N) is 2. The number of esters is 1. The molecule has 1 aromatic rings. The molecule has 2 saturated heterocycles. The van der Waals surface area contributed by atoms with E-state index in [2.05, 4.69) is 58.3 Å². The first kappa shape index (κ1) is 39.4. The lowest BCUT2D eigenvalue weighted by molar-refractivity contribution is -0.923. The van der Waals surface area contributed by atoms with E-state index in [1.54, 1.807) is 19.6 Å². The van der Waals surface area contributed by atoms with E-state index in [1.807, 2.05) is 0 Å². The Labute approximate surface area is 331 Å². The molecule has 6 nitrogen and oxygen atoms in total. The third kappa shape index (κ3) is 7.38. The van der Waals surface area contributed by atoms with Crippen LogP contribution in [0.25, 0.3) is 6.08 Å². The van der Waals surface area contributed by atoms with Crippen molar-refractivity contribution in [1.29, 1.82) is 0 Å². The van der Waals surface area contributed by atoms with Crippen LogP contribution in [0.5, 0.6) is 11.5 Å². The average Bonchev–Trinajstić information content (AvgIpc) is 3.75. The Morgan fingerprint density at radius 3 is 2.35 bits per heavy atom. The number of allylic oxidation sites excluding steroid dienone is 1. The molecule has 0 spiro atoms. The van der Waals surface area contributed by atoms with Crippen LogP contribution in [0.4, 0.5) is 0 Å². The highest BCUT2D eigenvalue weighted by Gasteiger charge is 2.61. The van der Waals surface area contributed by atoms with Gasteiger partial charge in [-0.15, -0.1) is 0 Å². The van der Waals surface area contributed by atoms with Crippen LogP contribution in [0, 0.1) is 28.6 Å². The summed E-state index contributed by atoms with van der Waals surface area (Å²) >= 11 is 0. The van der Waals surface area contributed by atoms with Gasteiger partial charge in [-0.2, -0.15) is 0 Å². The second-order valence-corrected chi connectivity index (χ2v) is 17.5. The van der Waals surface area contributed by atoms with Gasteiger partial charge in [0.1, 0.15) is 19.3 Å². The molecule has 0 unspecified atom stereocenters. The Balaban J connectivity index is 0.00000234. The molecule has 5 fully saturated rings. The zero-order valence-electron chi connectivity index (χ0n) is 31.1. The molecule has 2 heterocycles. The normalized spacial score (nSPS) is 36.3. The molecule has 1 aromatic carbocycles. The van der Waals surface area contributed by atoms with Gasteiger partial charge in [-0.05, 0) is 78.5 Å². The van der Waals surface area contributed by atoms with Crippen LogP contribution in [-0.4, -0.2) is 87.6 Å². The quantitative estimate of drug-likeness (QED) is 0.173. The maximum absolute atomic E-state index is 12.6. The van der Waals surface area contributed by atoms with E-state index in [1.165, 1.54) is 94.0 Å². The minimum absolute atomic E-state index is 0. The summed E-state index contributed by atoms with van der Waals surface area (Å²) in [6.45, 7) is 13.6. The number of halogens is 2. The van der Waals surface area contributed by atoms with Crippen LogP contribution >= 0.6 is 0 Å². The van der Waals surface area contributed by atoms with Crippen molar-refractivity contribution in [2.75, 3.05) is 60.5 Å². The van der Waals surface area contributed by atoms with Gasteiger partial charge in [-0.3, -0.25) is 4.79 Å². The van der Waals surface area contributed by atoms with Crippen molar-refractivity contribution in [3.05, 3.63) is 41.0 Å². The Hall–Kier alpha value is -0.850. The van der Waals surface area contributed by atoms with Gasteiger partial charge in [-0.1, -0.05) is 37.6 Å². The third-order valence-electron chi connectivity index (χ3n) is 14.7. The van der Waals surface area contributed by atoms with Gasteiger partial charge >= 0.3 is 5.97 Å². The largest absolute Gasteiger partial charge is 1.00 e. The number of likely N-dealkylation sites (tertiary alicyclic amines) is 2. The summed E-state index contributed by atoms with van der Waals surface area (Å²) in [6, 6.07) is 7.11.